The maximum Gasteiger partial charge on any atom is 0.329 e. The van der Waals surface area contributed by atoms with Gasteiger partial charge in [0.05, 0.1) is 37.0 Å². The Morgan fingerprint density at radius 3 is 2.50 bits per heavy atom. The van der Waals surface area contributed by atoms with E-state index in [2.05, 4.69) is 6.08 Å². The highest BCUT2D eigenvalue weighted by Gasteiger charge is 2.54. The van der Waals surface area contributed by atoms with Gasteiger partial charge in [-0.05, 0) is 77.0 Å². The number of hydrogen-bond donors (Lipinski definition) is 0. The zero-order valence-corrected chi connectivity index (χ0v) is 28.7. The molecule has 2 aromatic rings. The monoisotopic (exact) mass is 635 g/mol. The van der Waals surface area contributed by atoms with Crippen LogP contribution in [0.3, 0.4) is 0 Å². The molecule has 1 saturated carbocycles. The molecule has 2 bridgehead atoms. The first-order chi connectivity index (χ1) is 21.5. The predicted octanol–water partition coefficient (Wildman–Crippen LogP) is 6.15. The van der Waals surface area contributed by atoms with Gasteiger partial charge < -0.3 is 23.8 Å². The van der Waals surface area contributed by atoms with Crippen molar-refractivity contribution in [2.75, 3.05) is 13.7 Å². The van der Waals surface area contributed by atoms with Crippen molar-refractivity contribution in [3.63, 3.8) is 0 Å². The Bertz CT molecular complexity index is 1520. The lowest BCUT2D eigenvalue weighted by Crippen LogP contribution is -2.50. The Morgan fingerprint density at radius 2 is 1.83 bits per heavy atom. The van der Waals surface area contributed by atoms with Gasteiger partial charge in [-0.3, -0.25) is 9.59 Å². The summed E-state index contributed by atoms with van der Waals surface area (Å²) in [5.41, 5.74) is 0.0122. The van der Waals surface area contributed by atoms with Crippen LogP contribution in [-0.4, -0.2) is 69.7 Å². The summed E-state index contributed by atoms with van der Waals surface area (Å²) in [6.07, 6.45) is 6.79. The fraction of sp³-hybridized carbons (Fsp3) is 0.639. The number of benzene rings is 1. The fourth-order valence-electron chi connectivity index (χ4n) is 6.61. The summed E-state index contributed by atoms with van der Waals surface area (Å²) in [6, 6.07) is 4.59. The molecule has 250 valence electrons. The largest absolute Gasteiger partial charge is 0.497 e. The molecule has 1 aromatic carbocycles. The molecule has 2 aliphatic heterocycles. The third-order valence-corrected chi connectivity index (χ3v) is 9.47. The van der Waals surface area contributed by atoms with Gasteiger partial charge in [0.1, 0.15) is 34.8 Å². The van der Waals surface area contributed by atoms with Gasteiger partial charge in [0.2, 0.25) is 11.8 Å². The van der Waals surface area contributed by atoms with E-state index in [9.17, 15) is 14.4 Å². The lowest BCUT2D eigenvalue weighted by atomic mass is 9.77. The van der Waals surface area contributed by atoms with Crippen LogP contribution in [0.2, 0.25) is 0 Å². The number of nitrogens with zero attached hydrogens (tertiary/aromatic N) is 3. The molecule has 6 atom stereocenters. The molecule has 0 spiro atoms. The number of fused-ring (bicyclic) bond motifs is 5. The van der Waals surface area contributed by atoms with Gasteiger partial charge in [0.15, 0.2) is 0 Å². The first-order valence-corrected chi connectivity index (χ1v) is 16.4. The van der Waals surface area contributed by atoms with Crippen molar-refractivity contribution in [1.82, 2.24) is 14.9 Å². The molecule has 0 radical (unpaired) electrons. The van der Waals surface area contributed by atoms with E-state index in [1.807, 2.05) is 52.8 Å². The molecular formula is C36H49N3O7. The van der Waals surface area contributed by atoms with E-state index in [4.69, 9.17) is 28.9 Å². The average Bonchev–Trinajstić information content (AvgIpc) is 3.46. The van der Waals surface area contributed by atoms with Crippen molar-refractivity contribution in [3.05, 3.63) is 30.0 Å². The molecule has 3 aliphatic rings. The number of carbonyl (C=O) groups is 3. The van der Waals surface area contributed by atoms with Gasteiger partial charge in [0, 0.05) is 17.9 Å². The van der Waals surface area contributed by atoms with E-state index < -0.39 is 46.6 Å². The number of carbonyl (C=O) groups excluding carboxylic acids is 3. The van der Waals surface area contributed by atoms with E-state index in [0.717, 1.165) is 25.7 Å². The molecular weight excluding hydrogens is 586 g/mol. The van der Waals surface area contributed by atoms with E-state index in [1.54, 1.807) is 38.8 Å². The average molecular weight is 636 g/mol. The topological polar surface area (TPSA) is 117 Å². The number of allylic oxidation sites excluding steroid dienone is 1. The van der Waals surface area contributed by atoms with Crippen LogP contribution in [0.5, 0.6) is 11.6 Å². The standard InChI is InChI=1S/C36H49N3O7/c1-21-28-20-39(30(21)33(42)46-35(5,6)7)32(41)24(34(2,3)4)18-29(40)45-36(8)19-22(36)13-11-10-12-14-26-31(44-28)38-27-17-23(43-9)15-16-25(27)37-26/h12,14-17,21-22,24,28,30H,10-11,13,18-20H2,1-9H3/b14-12+/t21-,22-,24-,28+,30+,36-/m1/s1. The molecule has 1 aliphatic carbocycles. The van der Waals surface area contributed by atoms with Crippen molar-refractivity contribution < 1.29 is 33.3 Å². The number of hydrogen-bond acceptors (Lipinski definition) is 9. The number of esters is 2. The van der Waals surface area contributed by atoms with Gasteiger partial charge in [-0.2, -0.15) is 0 Å². The molecule has 10 nitrogen and oxygen atoms in total. The maximum atomic E-state index is 14.5. The molecule has 46 heavy (non-hydrogen) atoms. The van der Waals surface area contributed by atoms with Crippen molar-refractivity contribution >= 4 is 35.0 Å². The van der Waals surface area contributed by atoms with Crippen molar-refractivity contribution in [1.29, 1.82) is 0 Å². The zero-order valence-electron chi connectivity index (χ0n) is 28.7. The molecule has 10 heteroatoms. The molecule has 0 N–H and O–H groups in total. The van der Waals surface area contributed by atoms with Crippen molar-refractivity contribution in [3.8, 4) is 11.6 Å². The highest BCUT2D eigenvalue weighted by atomic mass is 16.6. The second-order valence-electron chi connectivity index (χ2n) is 15.4. The first kappa shape index (κ1) is 33.7. The Kier molecular flexibility index (Phi) is 9.14. The molecule has 2 fully saturated rings. The minimum atomic E-state index is -0.919. The van der Waals surface area contributed by atoms with Gasteiger partial charge in [-0.15, -0.1) is 0 Å². The van der Waals surface area contributed by atoms with Crippen LogP contribution in [0.1, 0.15) is 93.2 Å². The van der Waals surface area contributed by atoms with Gasteiger partial charge in [0.25, 0.3) is 0 Å². The number of rotatable bonds is 2. The maximum absolute atomic E-state index is 14.5. The molecule has 0 unspecified atom stereocenters. The highest BCUT2D eigenvalue weighted by Crippen LogP contribution is 2.50. The zero-order chi connectivity index (χ0) is 33.6. The Balaban J connectivity index is 1.58. The molecule has 5 rings (SSSR count). The number of methoxy groups -OCH3 is 1. The quantitative estimate of drug-likeness (QED) is 0.359. The van der Waals surface area contributed by atoms with Gasteiger partial charge in [-0.1, -0.05) is 33.8 Å². The smallest absolute Gasteiger partial charge is 0.329 e. The number of amides is 1. The van der Waals surface area contributed by atoms with Gasteiger partial charge >= 0.3 is 11.9 Å². The normalized spacial score (nSPS) is 29.8. The van der Waals surface area contributed by atoms with Crippen LogP contribution in [-0.2, 0) is 23.9 Å². The SMILES string of the molecule is COc1ccc2nc3c(nc2c1)O[C@H]1CN(C(=O)[C@H](C(C)(C)C)CC(=O)O[C@]2(C)C[C@H]2CCC/C=C/3)[C@H](C(=O)OC(C)(C)C)[C@@H]1C. The summed E-state index contributed by atoms with van der Waals surface area (Å²) in [5, 5.41) is 0. The van der Waals surface area contributed by atoms with Crippen LogP contribution in [0.25, 0.3) is 17.1 Å². The Hall–Kier alpha value is -3.69. The first-order valence-electron chi connectivity index (χ1n) is 16.4. The van der Waals surface area contributed by atoms with Crippen LogP contribution in [0.15, 0.2) is 24.3 Å². The summed E-state index contributed by atoms with van der Waals surface area (Å²) < 4.78 is 23.9. The van der Waals surface area contributed by atoms with E-state index >= 15 is 0 Å². The summed E-state index contributed by atoms with van der Waals surface area (Å²) in [7, 11) is 1.60. The minimum Gasteiger partial charge on any atom is -0.497 e. The summed E-state index contributed by atoms with van der Waals surface area (Å²) in [4.78, 5) is 52.8. The second kappa shape index (κ2) is 12.5. The Labute approximate surface area is 272 Å². The van der Waals surface area contributed by atoms with E-state index in [-0.39, 0.29) is 30.8 Å². The summed E-state index contributed by atoms with van der Waals surface area (Å²) in [5.74, 6) is -1.13. The summed E-state index contributed by atoms with van der Waals surface area (Å²) >= 11 is 0. The molecule has 1 amide bonds. The lowest BCUT2D eigenvalue weighted by molar-refractivity contribution is -0.167. The molecule has 3 heterocycles. The van der Waals surface area contributed by atoms with Crippen LogP contribution in [0.4, 0.5) is 0 Å². The van der Waals surface area contributed by atoms with Crippen LogP contribution >= 0.6 is 0 Å². The molecule has 1 saturated heterocycles. The van der Waals surface area contributed by atoms with Crippen LogP contribution in [0, 0.1) is 23.2 Å². The predicted molar refractivity (Wildman–Crippen MR) is 174 cm³/mol. The molecule has 1 aromatic heterocycles. The fourth-order valence-corrected chi connectivity index (χ4v) is 6.61. The Morgan fingerprint density at radius 1 is 1.09 bits per heavy atom. The van der Waals surface area contributed by atoms with Crippen molar-refractivity contribution in [2.45, 2.75) is 111 Å². The third-order valence-electron chi connectivity index (χ3n) is 9.47. The van der Waals surface area contributed by atoms with Crippen molar-refractivity contribution in [2.24, 2.45) is 23.2 Å². The third kappa shape index (κ3) is 7.31. The summed E-state index contributed by atoms with van der Waals surface area (Å²) in [6.45, 7) is 15.2. The minimum absolute atomic E-state index is 0.0764. The lowest BCUT2D eigenvalue weighted by Gasteiger charge is -2.35. The van der Waals surface area contributed by atoms with Crippen LogP contribution < -0.4 is 9.47 Å². The van der Waals surface area contributed by atoms with E-state index in [1.165, 1.54) is 0 Å². The second-order valence-corrected chi connectivity index (χ2v) is 15.4. The highest BCUT2D eigenvalue weighted by molar-refractivity contribution is 5.90. The number of aromatic nitrogens is 2. The van der Waals surface area contributed by atoms with Gasteiger partial charge in [-0.25, -0.2) is 14.8 Å². The van der Waals surface area contributed by atoms with E-state index in [0.29, 0.717) is 28.4 Å². The number of ether oxygens (including phenoxy) is 4.